The Kier molecular flexibility index (Phi) is 3.75. The minimum absolute atomic E-state index is 0. The summed E-state index contributed by atoms with van der Waals surface area (Å²) >= 11 is 0. The van der Waals surface area contributed by atoms with Gasteiger partial charge in [-0.15, -0.1) is 12.4 Å². The summed E-state index contributed by atoms with van der Waals surface area (Å²) in [6.07, 6.45) is 2.66. The lowest BCUT2D eigenvalue weighted by Gasteiger charge is -2.48. The number of halogens is 1. The number of hydrogen-bond donors (Lipinski definition) is 1. The molecule has 0 aromatic carbocycles. The van der Waals surface area contributed by atoms with Gasteiger partial charge in [-0.1, -0.05) is 0 Å². The van der Waals surface area contributed by atoms with E-state index < -0.39 is 11.5 Å². The summed E-state index contributed by atoms with van der Waals surface area (Å²) in [5.41, 5.74) is -0.538. The van der Waals surface area contributed by atoms with Gasteiger partial charge in [0.25, 0.3) is 0 Å². The molecule has 1 N–H and O–H groups in total. The predicted molar refractivity (Wildman–Crippen MR) is 53.9 cm³/mol. The SMILES string of the molecule is Cl.O=C(O)C1(N2CCOCC2)CCC1. The second-order valence-electron chi connectivity index (χ2n) is 3.79. The van der Waals surface area contributed by atoms with Crippen molar-refractivity contribution in [3.63, 3.8) is 0 Å². The van der Waals surface area contributed by atoms with Gasteiger partial charge in [-0.2, -0.15) is 0 Å². The van der Waals surface area contributed by atoms with Gasteiger partial charge < -0.3 is 9.84 Å². The number of carboxylic acid groups (broad SMARTS) is 1. The fraction of sp³-hybridized carbons (Fsp3) is 0.889. The summed E-state index contributed by atoms with van der Waals surface area (Å²) in [6.45, 7) is 2.89. The van der Waals surface area contributed by atoms with Gasteiger partial charge in [0.1, 0.15) is 5.54 Å². The summed E-state index contributed by atoms with van der Waals surface area (Å²) in [4.78, 5) is 13.2. The van der Waals surface area contributed by atoms with Gasteiger partial charge >= 0.3 is 5.97 Å². The van der Waals surface area contributed by atoms with Crippen molar-refractivity contribution in [2.75, 3.05) is 26.3 Å². The quantitative estimate of drug-likeness (QED) is 0.748. The molecule has 5 heteroatoms. The maximum Gasteiger partial charge on any atom is 0.324 e. The van der Waals surface area contributed by atoms with E-state index in [1.807, 2.05) is 0 Å². The van der Waals surface area contributed by atoms with Crippen LogP contribution >= 0.6 is 12.4 Å². The molecule has 82 valence electrons. The standard InChI is InChI=1S/C9H15NO3.ClH/c11-8(12)9(2-1-3-9)10-4-6-13-7-5-10;/h1-7H2,(H,11,12);1H. The van der Waals surface area contributed by atoms with Gasteiger partial charge in [-0.3, -0.25) is 9.69 Å². The molecule has 2 rings (SSSR count). The van der Waals surface area contributed by atoms with E-state index in [9.17, 15) is 4.79 Å². The van der Waals surface area contributed by atoms with Crippen LogP contribution in [0, 0.1) is 0 Å². The zero-order valence-electron chi connectivity index (χ0n) is 8.07. The molecule has 0 atom stereocenters. The first kappa shape index (κ1) is 11.8. The molecular weight excluding hydrogens is 206 g/mol. The van der Waals surface area contributed by atoms with E-state index in [-0.39, 0.29) is 12.4 Å². The van der Waals surface area contributed by atoms with Crippen LogP contribution in [0.25, 0.3) is 0 Å². The van der Waals surface area contributed by atoms with Crippen molar-refractivity contribution in [3.05, 3.63) is 0 Å². The van der Waals surface area contributed by atoms with Crippen molar-refractivity contribution in [1.29, 1.82) is 0 Å². The van der Waals surface area contributed by atoms with Gasteiger partial charge in [0.2, 0.25) is 0 Å². The summed E-state index contributed by atoms with van der Waals surface area (Å²) in [5.74, 6) is -0.652. The van der Waals surface area contributed by atoms with E-state index in [1.54, 1.807) is 0 Å². The minimum atomic E-state index is -0.652. The second-order valence-corrected chi connectivity index (χ2v) is 3.79. The molecule has 4 nitrogen and oxygen atoms in total. The molecule has 1 aliphatic carbocycles. The fourth-order valence-electron chi connectivity index (χ4n) is 2.17. The summed E-state index contributed by atoms with van der Waals surface area (Å²) in [7, 11) is 0. The lowest BCUT2D eigenvalue weighted by atomic mass is 9.75. The van der Waals surface area contributed by atoms with Crippen molar-refractivity contribution >= 4 is 18.4 Å². The third kappa shape index (κ3) is 1.74. The van der Waals surface area contributed by atoms with E-state index in [2.05, 4.69) is 4.90 Å². The molecule has 0 bridgehead atoms. The van der Waals surface area contributed by atoms with Crippen molar-refractivity contribution < 1.29 is 14.6 Å². The number of carboxylic acids is 1. The van der Waals surface area contributed by atoms with Gasteiger partial charge in [0.05, 0.1) is 13.2 Å². The molecule has 0 spiro atoms. The van der Waals surface area contributed by atoms with Gasteiger partial charge in [-0.05, 0) is 19.3 Å². The number of carbonyl (C=O) groups is 1. The van der Waals surface area contributed by atoms with Crippen LogP contribution in [0.5, 0.6) is 0 Å². The summed E-state index contributed by atoms with van der Waals surface area (Å²) < 4.78 is 5.21. The van der Waals surface area contributed by atoms with Crippen LogP contribution in [0.1, 0.15) is 19.3 Å². The average Bonchev–Trinajstić information content (AvgIpc) is 2.03. The van der Waals surface area contributed by atoms with Crippen LogP contribution in [-0.2, 0) is 9.53 Å². The lowest BCUT2D eigenvalue weighted by molar-refractivity contribution is -0.162. The lowest BCUT2D eigenvalue weighted by Crippen LogP contribution is -2.62. The second kappa shape index (κ2) is 4.47. The Bertz CT molecular complexity index is 212. The number of hydrogen-bond acceptors (Lipinski definition) is 3. The molecule has 0 radical (unpaired) electrons. The zero-order chi connectivity index (χ0) is 9.31. The number of rotatable bonds is 2. The number of ether oxygens (including phenoxy) is 1. The molecule has 2 fully saturated rings. The predicted octanol–water partition coefficient (Wildman–Crippen LogP) is 0.748. The monoisotopic (exact) mass is 221 g/mol. The highest BCUT2D eigenvalue weighted by molar-refractivity contribution is 5.85. The molecular formula is C9H16ClNO3. The van der Waals surface area contributed by atoms with Gasteiger partial charge in [0, 0.05) is 13.1 Å². The van der Waals surface area contributed by atoms with Gasteiger partial charge in [0.15, 0.2) is 0 Å². The summed E-state index contributed by atoms with van der Waals surface area (Å²) in [5, 5.41) is 9.15. The molecule has 1 saturated heterocycles. The Labute approximate surface area is 89.6 Å². The summed E-state index contributed by atoms with van der Waals surface area (Å²) in [6, 6.07) is 0. The first-order valence-corrected chi connectivity index (χ1v) is 4.82. The van der Waals surface area contributed by atoms with E-state index in [4.69, 9.17) is 9.84 Å². The van der Waals surface area contributed by atoms with Crippen LogP contribution in [0.2, 0.25) is 0 Å². The molecule has 0 unspecified atom stereocenters. The zero-order valence-corrected chi connectivity index (χ0v) is 8.89. The third-order valence-electron chi connectivity index (χ3n) is 3.20. The topological polar surface area (TPSA) is 49.8 Å². The molecule has 2 aliphatic rings. The maximum absolute atomic E-state index is 11.1. The highest BCUT2D eigenvalue weighted by Crippen LogP contribution is 2.38. The van der Waals surface area contributed by atoms with Gasteiger partial charge in [-0.25, -0.2) is 0 Å². The highest BCUT2D eigenvalue weighted by Gasteiger charge is 2.49. The smallest absolute Gasteiger partial charge is 0.324 e. The first-order valence-electron chi connectivity index (χ1n) is 4.82. The maximum atomic E-state index is 11.1. The molecule has 1 saturated carbocycles. The Morgan fingerprint density at radius 2 is 1.86 bits per heavy atom. The van der Waals surface area contributed by atoms with Crippen LogP contribution in [0.3, 0.4) is 0 Å². The van der Waals surface area contributed by atoms with Crippen molar-refractivity contribution in [2.24, 2.45) is 0 Å². The molecule has 14 heavy (non-hydrogen) atoms. The van der Waals surface area contributed by atoms with E-state index >= 15 is 0 Å². The number of morpholine rings is 1. The average molecular weight is 222 g/mol. The van der Waals surface area contributed by atoms with E-state index in [0.717, 1.165) is 32.4 Å². The fourth-order valence-corrected chi connectivity index (χ4v) is 2.17. The van der Waals surface area contributed by atoms with Crippen LogP contribution < -0.4 is 0 Å². The Hall–Kier alpha value is -0.320. The van der Waals surface area contributed by atoms with Crippen LogP contribution in [0.15, 0.2) is 0 Å². The third-order valence-corrected chi connectivity index (χ3v) is 3.20. The first-order chi connectivity index (χ1) is 6.26. The minimum Gasteiger partial charge on any atom is -0.480 e. The van der Waals surface area contributed by atoms with Crippen molar-refractivity contribution in [3.8, 4) is 0 Å². The Morgan fingerprint density at radius 3 is 2.21 bits per heavy atom. The van der Waals surface area contributed by atoms with E-state index in [0.29, 0.717) is 13.2 Å². The number of nitrogens with zero attached hydrogens (tertiary/aromatic N) is 1. The molecule has 0 amide bonds. The Morgan fingerprint density at radius 1 is 1.29 bits per heavy atom. The largest absolute Gasteiger partial charge is 0.480 e. The van der Waals surface area contributed by atoms with Crippen molar-refractivity contribution in [2.45, 2.75) is 24.8 Å². The Balaban J connectivity index is 0.000000980. The molecule has 0 aromatic rings. The molecule has 1 heterocycles. The molecule has 0 aromatic heterocycles. The van der Waals surface area contributed by atoms with E-state index in [1.165, 1.54) is 0 Å². The normalized spacial score (nSPS) is 26.0. The van der Waals surface area contributed by atoms with Crippen LogP contribution in [0.4, 0.5) is 0 Å². The molecule has 1 aliphatic heterocycles. The van der Waals surface area contributed by atoms with Crippen LogP contribution in [-0.4, -0.2) is 47.8 Å². The number of aliphatic carboxylic acids is 1. The van der Waals surface area contributed by atoms with Crippen molar-refractivity contribution in [1.82, 2.24) is 4.90 Å². The highest BCUT2D eigenvalue weighted by atomic mass is 35.5.